The Bertz CT molecular complexity index is 281. The van der Waals surface area contributed by atoms with Crippen LogP contribution in [0.1, 0.15) is 19.3 Å². The van der Waals surface area contributed by atoms with Crippen molar-refractivity contribution >= 4 is 37.8 Å². The van der Waals surface area contributed by atoms with Gasteiger partial charge in [-0.1, -0.05) is 31.9 Å². The normalized spacial score (nSPS) is 55.7. The third kappa shape index (κ3) is 1.22. The van der Waals surface area contributed by atoms with E-state index in [-0.39, 0.29) is 18.0 Å². The molecule has 6 atom stereocenters. The average molecular weight is 324 g/mol. The van der Waals surface area contributed by atoms with Crippen LogP contribution in [-0.4, -0.2) is 21.7 Å². The van der Waals surface area contributed by atoms with Crippen molar-refractivity contribution in [3.05, 3.63) is 0 Å². The second-order valence-corrected chi connectivity index (χ2v) is 6.82. The number of hydrogen-bond acceptors (Lipinski definition) is 2. The number of ether oxygens (including phenoxy) is 1. The molecule has 0 radical (unpaired) electrons. The van der Waals surface area contributed by atoms with Gasteiger partial charge in [0, 0.05) is 4.83 Å². The summed E-state index contributed by atoms with van der Waals surface area (Å²) in [5, 5.41) is 0. The molecule has 4 unspecified atom stereocenters. The van der Waals surface area contributed by atoms with Gasteiger partial charge in [0.25, 0.3) is 0 Å². The van der Waals surface area contributed by atoms with Crippen molar-refractivity contribution in [3.8, 4) is 0 Å². The summed E-state index contributed by atoms with van der Waals surface area (Å²) in [5.74, 6) is 1.41. The minimum atomic E-state index is 0.0195. The first-order chi connectivity index (χ1) is 6.66. The van der Waals surface area contributed by atoms with Crippen molar-refractivity contribution in [2.75, 3.05) is 0 Å². The van der Waals surface area contributed by atoms with E-state index >= 15 is 0 Å². The molecule has 0 aromatic carbocycles. The quantitative estimate of drug-likeness (QED) is 0.506. The molecule has 2 saturated carbocycles. The molecule has 4 bridgehead atoms. The number of alkyl halides is 2. The van der Waals surface area contributed by atoms with Gasteiger partial charge in [-0.05, 0) is 31.1 Å². The summed E-state index contributed by atoms with van der Waals surface area (Å²) < 4.78 is 5.50. The fraction of sp³-hybridized carbons (Fsp3) is 0.900. The molecule has 0 aromatic heterocycles. The predicted molar refractivity (Wildman–Crippen MR) is 59.6 cm³/mol. The van der Waals surface area contributed by atoms with Crippen LogP contribution in [0, 0.1) is 17.8 Å². The Balaban J connectivity index is 2.02. The molecule has 2 saturated heterocycles. The van der Waals surface area contributed by atoms with E-state index in [1.54, 1.807) is 0 Å². The molecule has 0 aromatic rings. The van der Waals surface area contributed by atoms with Crippen molar-refractivity contribution in [3.63, 3.8) is 0 Å². The van der Waals surface area contributed by atoms with E-state index in [4.69, 9.17) is 4.74 Å². The summed E-state index contributed by atoms with van der Waals surface area (Å²) in [6, 6.07) is 0. The molecule has 0 amide bonds. The molecule has 2 nitrogen and oxygen atoms in total. The molecule has 4 aliphatic rings. The summed E-state index contributed by atoms with van der Waals surface area (Å²) in [4.78, 5) is 12.4. The van der Waals surface area contributed by atoms with Crippen molar-refractivity contribution in [1.29, 1.82) is 0 Å². The van der Waals surface area contributed by atoms with Crippen LogP contribution in [0.5, 0.6) is 0 Å². The van der Waals surface area contributed by atoms with E-state index in [9.17, 15) is 4.79 Å². The first-order valence-electron chi connectivity index (χ1n) is 5.15. The summed E-state index contributed by atoms with van der Waals surface area (Å²) in [6.07, 6.45) is 3.46. The molecule has 4 rings (SSSR count). The van der Waals surface area contributed by atoms with E-state index < -0.39 is 0 Å². The molecule has 2 heterocycles. The van der Waals surface area contributed by atoms with Crippen molar-refractivity contribution in [1.82, 2.24) is 0 Å². The van der Waals surface area contributed by atoms with Crippen LogP contribution in [0.15, 0.2) is 0 Å². The van der Waals surface area contributed by atoms with Gasteiger partial charge >= 0.3 is 5.97 Å². The lowest BCUT2D eigenvalue weighted by Crippen LogP contribution is -2.44. The van der Waals surface area contributed by atoms with Crippen LogP contribution in [0.25, 0.3) is 0 Å². The Hall–Kier alpha value is 0.430. The van der Waals surface area contributed by atoms with Gasteiger partial charge in [-0.3, -0.25) is 4.79 Å². The Labute approximate surface area is 100 Å². The molecule has 78 valence electrons. The average Bonchev–Trinajstić information content (AvgIpc) is 2.31. The number of esters is 1. The summed E-state index contributed by atoms with van der Waals surface area (Å²) in [5.41, 5.74) is 0. The number of hydrogen-bond donors (Lipinski definition) is 0. The molecular weight excluding hydrogens is 312 g/mol. The van der Waals surface area contributed by atoms with Gasteiger partial charge in [-0.25, -0.2) is 0 Å². The maximum absolute atomic E-state index is 11.7. The largest absolute Gasteiger partial charge is 0.461 e. The fourth-order valence-corrected chi connectivity index (χ4v) is 5.46. The highest BCUT2D eigenvalue weighted by molar-refractivity contribution is 9.10. The summed E-state index contributed by atoms with van der Waals surface area (Å²) >= 11 is 7.37. The molecular formula is C10H12Br2O2. The minimum Gasteiger partial charge on any atom is -0.461 e. The highest BCUT2D eigenvalue weighted by atomic mass is 79.9. The molecule has 14 heavy (non-hydrogen) atoms. The van der Waals surface area contributed by atoms with Crippen LogP contribution >= 0.6 is 31.9 Å². The van der Waals surface area contributed by atoms with Gasteiger partial charge < -0.3 is 4.74 Å². The highest BCUT2D eigenvalue weighted by Gasteiger charge is 2.53. The van der Waals surface area contributed by atoms with E-state index in [1.165, 1.54) is 6.42 Å². The van der Waals surface area contributed by atoms with E-state index in [0.29, 0.717) is 21.5 Å². The van der Waals surface area contributed by atoms with Crippen molar-refractivity contribution < 1.29 is 9.53 Å². The number of halogens is 2. The zero-order chi connectivity index (χ0) is 9.87. The van der Waals surface area contributed by atoms with Gasteiger partial charge in [-0.15, -0.1) is 0 Å². The first kappa shape index (κ1) is 9.64. The lowest BCUT2D eigenvalue weighted by molar-refractivity contribution is -0.150. The van der Waals surface area contributed by atoms with Crippen LogP contribution in [0.2, 0.25) is 0 Å². The molecule has 2 aliphatic heterocycles. The zero-order valence-electron chi connectivity index (χ0n) is 7.66. The Morgan fingerprint density at radius 3 is 2.71 bits per heavy atom. The fourth-order valence-electron chi connectivity index (χ4n) is 3.21. The van der Waals surface area contributed by atoms with Gasteiger partial charge in [-0.2, -0.15) is 0 Å². The monoisotopic (exact) mass is 322 g/mol. The van der Waals surface area contributed by atoms with Crippen LogP contribution < -0.4 is 0 Å². The Kier molecular flexibility index (Phi) is 2.21. The predicted octanol–water partition coefficient (Wildman–Crippen LogP) is 2.48. The molecule has 0 spiro atoms. The second kappa shape index (κ2) is 3.21. The SMILES string of the molecule is O=C1OC2CC3CC1[C@@H](Br)C(C3)[C@H]2Br. The van der Waals surface area contributed by atoms with Gasteiger partial charge in [0.2, 0.25) is 0 Å². The smallest absolute Gasteiger partial charge is 0.310 e. The third-order valence-corrected chi connectivity index (χ3v) is 6.47. The van der Waals surface area contributed by atoms with Crippen LogP contribution in [-0.2, 0) is 9.53 Å². The molecule has 4 heteroatoms. The zero-order valence-corrected chi connectivity index (χ0v) is 10.8. The van der Waals surface area contributed by atoms with Gasteiger partial charge in [0.1, 0.15) is 6.10 Å². The number of carbonyl (C=O) groups excluding carboxylic acids is 1. The molecule has 4 fully saturated rings. The number of fused-ring (bicyclic) bond motifs is 1. The van der Waals surface area contributed by atoms with Crippen LogP contribution in [0.3, 0.4) is 0 Å². The third-order valence-electron chi connectivity index (χ3n) is 3.89. The number of rotatable bonds is 0. The van der Waals surface area contributed by atoms with E-state index in [2.05, 4.69) is 31.9 Å². The molecule has 2 aliphatic carbocycles. The van der Waals surface area contributed by atoms with Crippen LogP contribution in [0.4, 0.5) is 0 Å². The van der Waals surface area contributed by atoms with E-state index in [1.807, 2.05) is 0 Å². The standard InChI is InChI=1S/C10H12Br2O2/c11-8-5-1-4-2-6(8)10(13)14-7(3-4)9(5)12/h4-9H,1-3H2/t4?,5?,6?,7?,8-,9+/m0/s1. The highest BCUT2D eigenvalue weighted by Crippen LogP contribution is 2.51. The molecule has 0 N–H and O–H groups in total. The summed E-state index contributed by atoms with van der Waals surface area (Å²) in [6.45, 7) is 0. The van der Waals surface area contributed by atoms with Gasteiger partial charge in [0.05, 0.1) is 10.7 Å². The maximum Gasteiger partial charge on any atom is 0.310 e. The number of carbonyl (C=O) groups is 1. The second-order valence-electron chi connectivity index (χ2n) is 4.71. The van der Waals surface area contributed by atoms with Gasteiger partial charge in [0.15, 0.2) is 0 Å². The summed E-state index contributed by atoms with van der Waals surface area (Å²) in [7, 11) is 0. The maximum atomic E-state index is 11.7. The lowest BCUT2D eigenvalue weighted by Gasteiger charge is -2.42. The van der Waals surface area contributed by atoms with Crippen molar-refractivity contribution in [2.45, 2.75) is 35.0 Å². The minimum absolute atomic E-state index is 0.0195. The topological polar surface area (TPSA) is 26.3 Å². The Morgan fingerprint density at radius 1 is 1.14 bits per heavy atom. The van der Waals surface area contributed by atoms with E-state index in [0.717, 1.165) is 12.8 Å². The van der Waals surface area contributed by atoms with Crippen molar-refractivity contribution in [2.24, 2.45) is 17.8 Å². The lowest BCUT2D eigenvalue weighted by atomic mass is 9.68. The Morgan fingerprint density at radius 2 is 1.93 bits per heavy atom. The first-order valence-corrected chi connectivity index (χ1v) is 6.98.